The minimum atomic E-state index is 0.445. The minimum Gasteiger partial charge on any atom is -0.339 e. The van der Waals surface area contributed by atoms with Crippen LogP contribution in [-0.2, 0) is 0 Å². The summed E-state index contributed by atoms with van der Waals surface area (Å²) in [4.78, 5) is 4.48. The molecule has 1 aromatic heterocycles. The minimum absolute atomic E-state index is 0.445. The van der Waals surface area contributed by atoms with Gasteiger partial charge in [-0.2, -0.15) is 5.26 Å². The van der Waals surface area contributed by atoms with E-state index in [-0.39, 0.29) is 0 Å². The first kappa shape index (κ1) is 13.7. The summed E-state index contributed by atoms with van der Waals surface area (Å²) in [5.41, 5.74) is 2.02. The number of halogens is 2. The lowest BCUT2D eigenvalue weighted by Gasteiger charge is -2.09. The number of pyridine rings is 1. The number of nitrogens with zero attached hydrogens (tertiary/aromatic N) is 2. The van der Waals surface area contributed by atoms with Crippen LogP contribution in [0.4, 0.5) is 11.5 Å². The van der Waals surface area contributed by atoms with Gasteiger partial charge < -0.3 is 5.32 Å². The summed E-state index contributed by atoms with van der Waals surface area (Å²) in [5.74, 6) is 0.495. The fourth-order valence-electron chi connectivity index (χ4n) is 2.01. The molecule has 0 aliphatic carbocycles. The highest BCUT2D eigenvalue weighted by atomic mass is 35.5. The average Bonchev–Trinajstić information content (AvgIpc) is 2.50. The largest absolute Gasteiger partial charge is 0.339 e. The number of nitrogens with one attached hydrogen (secondary N) is 1. The van der Waals surface area contributed by atoms with Crippen molar-refractivity contribution < 1.29 is 0 Å². The van der Waals surface area contributed by atoms with Gasteiger partial charge in [-0.1, -0.05) is 41.4 Å². The summed E-state index contributed by atoms with van der Waals surface area (Å²) < 4.78 is 0. The Kier molecular flexibility index (Phi) is 3.66. The Labute approximate surface area is 131 Å². The van der Waals surface area contributed by atoms with Crippen molar-refractivity contribution in [2.24, 2.45) is 0 Å². The molecular formula is C16H9Cl2N3. The summed E-state index contributed by atoms with van der Waals surface area (Å²) >= 11 is 11.9. The summed E-state index contributed by atoms with van der Waals surface area (Å²) in [5, 5.41) is 14.2. The number of aromatic nitrogens is 1. The third-order valence-electron chi connectivity index (χ3n) is 3.03. The van der Waals surface area contributed by atoms with Gasteiger partial charge in [0.05, 0.1) is 21.1 Å². The van der Waals surface area contributed by atoms with E-state index in [1.54, 1.807) is 18.2 Å². The zero-order valence-electron chi connectivity index (χ0n) is 10.8. The summed E-state index contributed by atoms with van der Waals surface area (Å²) in [6, 6.07) is 16.8. The standard InChI is InChI=1S/C16H9Cl2N3/c17-13-6-5-12(8-14(13)18)20-16-11(9-19)7-10-3-1-2-4-15(10)21-16/h1-8H,(H,20,21). The molecule has 5 heteroatoms. The number of anilines is 2. The zero-order valence-corrected chi connectivity index (χ0v) is 12.3. The van der Waals surface area contributed by atoms with Crippen LogP contribution in [0, 0.1) is 11.3 Å². The monoisotopic (exact) mass is 313 g/mol. The van der Waals surface area contributed by atoms with E-state index in [9.17, 15) is 5.26 Å². The third kappa shape index (κ3) is 2.78. The van der Waals surface area contributed by atoms with Gasteiger partial charge in [0, 0.05) is 11.1 Å². The van der Waals surface area contributed by atoms with Crippen LogP contribution >= 0.6 is 23.2 Å². The molecule has 3 nitrogen and oxygen atoms in total. The molecule has 0 aliphatic heterocycles. The van der Waals surface area contributed by atoms with E-state index in [4.69, 9.17) is 23.2 Å². The molecule has 0 atom stereocenters. The number of hydrogen-bond donors (Lipinski definition) is 1. The first-order valence-corrected chi connectivity index (χ1v) is 6.95. The van der Waals surface area contributed by atoms with E-state index in [0.29, 0.717) is 21.4 Å². The maximum atomic E-state index is 9.28. The lowest BCUT2D eigenvalue weighted by atomic mass is 10.1. The van der Waals surface area contributed by atoms with Gasteiger partial charge in [-0.3, -0.25) is 0 Å². The highest BCUT2D eigenvalue weighted by Crippen LogP contribution is 2.28. The Morgan fingerprint density at radius 3 is 2.57 bits per heavy atom. The third-order valence-corrected chi connectivity index (χ3v) is 3.77. The summed E-state index contributed by atoms with van der Waals surface area (Å²) in [7, 11) is 0. The lowest BCUT2D eigenvalue weighted by molar-refractivity contribution is 1.34. The molecule has 0 radical (unpaired) electrons. The molecule has 0 saturated heterocycles. The predicted molar refractivity (Wildman–Crippen MR) is 86.2 cm³/mol. The van der Waals surface area contributed by atoms with E-state index in [1.807, 2.05) is 30.3 Å². The van der Waals surface area contributed by atoms with Gasteiger partial charge in [0.15, 0.2) is 0 Å². The van der Waals surface area contributed by atoms with E-state index in [1.165, 1.54) is 0 Å². The zero-order chi connectivity index (χ0) is 14.8. The van der Waals surface area contributed by atoms with Gasteiger partial charge in [-0.05, 0) is 30.3 Å². The lowest BCUT2D eigenvalue weighted by Crippen LogP contribution is -1.97. The van der Waals surface area contributed by atoms with Crippen LogP contribution in [0.3, 0.4) is 0 Å². The van der Waals surface area contributed by atoms with Gasteiger partial charge >= 0.3 is 0 Å². The molecule has 0 unspecified atom stereocenters. The number of benzene rings is 2. The number of rotatable bonds is 2. The van der Waals surface area contributed by atoms with Gasteiger partial charge in [-0.15, -0.1) is 0 Å². The average molecular weight is 314 g/mol. The highest BCUT2D eigenvalue weighted by molar-refractivity contribution is 6.42. The Balaban J connectivity index is 2.06. The number of hydrogen-bond acceptors (Lipinski definition) is 3. The first-order valence-electron chi connectivity index (χ1n) is 6.19. The van der Waals surface area contributed by atoms with Gasteiger partial charge in [0.1, 0.15) is 11.9 Å². The molecule has 0 spiro atoms. The Bertz CT molecular complexity index is 869. The normalized spacial score (nSPS) is 10.3. The smallest absolute Gasteiger partial charge is 0.149 e. The van der Waals surface area contributed by atoms with Crippen LogP contribution in [0.25, 0.3) is 10.9 Å². The molecule has 3 aromatic rings. The number of para-hydroxylation sites is 1. The van der Waals surface area contributed by atoms with Crippen molar-refractivity contribution >= 4 is 45.6 Å². The first-order chi connectivity index (χ1) is 10.2. The van der Waals surface area contributed by atoms with Crippen molar-refractivity contribution in [2.75, 3.05) is 5.32 Å². The molecule has 1 heterocycles. The number of nitriles is 1. The molecule has 0 fully saturated rings. The van der Waals surface area contributed by atoms with Crippen LogP contribution in [0.5, 0.6) is 0 Å². The second kappa shape index (κ2) is 5.61. The topological polar surface area (TPSA) is 48.7 Å². The molecule has 21 heavy (non-hydrogen) atoms. The van der Waals surface area contributed by atoms with Crippen molar-refractivity contribution in [2.45, 2.75) is 0 Å². The maximum Gasteiger partial charge on any atom is 0.149 e. The van der Waals surface area contributed by atoms with Crippen molar-refractivity contribution in [3.05, 3.63) is 64.1 Å². The van der Waals surface area contributed by atoms with Crippen LogP contribution in [0.1, 0.15) is 5.56 Å². The van der Waals surface area contributed by atoms with Crippen molar-refractivity contribution in [1.82, 2.24) is 4.98 Å². The second-order valence-corrected chi connectivity index (χ2v) is 5.26. The van der Waals surface area contributed by atoms with Crippen LogP contribution < -0.4 is 5.32 Å². The van der Waals surface area contributed by atoms with Crippen LogP contribution in [-0.4, -0.2) is 4.98 Å². The van der Waals surface area contributed by atoms with E-state index in [0.717, 1.165) is 16.6 Å². The van der Waals surface area contributed by atoms with E-state index < -0.39 is 0 Å². The van der Waals surface area contributed by atoms with Crippen molar-refractivity contribution in [3.63, 3.8) is 0 Å². The van der Waals surface area contributed by atoms with Gasteiger partial charge in [0.25, 0.3) is 0 Å². The second-order valence-electron chi connectivity index (χ2n) is 4.44. The summed E-state index contributed by atoms with van der Waals surface area (Å²) in [6.07, 6.45) is 0. The molecule has 0 aliphatic rings. The Morgan fingerprint density at radius 2 is 1.81 bits per heavy atom. The van der Waals surface area contributed by atoms with Crippen molar-refractivity contribution in [1.29, 1.82) is 5.26 Å². The fraction of sp³-hybridized carbons (Fsp3) is 0. The molecule has 0 saturated carbocycles. The van der Waals surface area contributed by atoms with E-state index >= 15 is 0 Å². The molecule has 3 rings (SSSR count). The molecule has 102 valence electrons. The Morgan fingerprint density at radius 1 is 1.00 bits per heavy atom. The predicted octanol–water partition coefficient (Wildman–Crippen LogP) is 5.16. The fourth-order valence-corrected chi connectivity index (χ4v) is 2.31. The molecule has 0 amide bonds. The van der Waals surface area contributed by atoms with Gasteiger partial charge in [0.2, 0.25) is 0 Å². The van der Waals surface area contributed by atoms with E-state index in [2.05, 4.69) is 16.4 Å². The number of fused-ring (bicyclic) bond motifs is 1. The maximum absolute atomic E-state index is 9.28. The quantitative estimate of drug-likeness (QED) is 0.711. The molecule has 0 bridgehead atoms. The van der Waals surface area contributed by atoms with Crippen LogP contribution in [0.15, 0.2) is 48.5 Å². The molecular weight excluding hydrogens is 305 g/mol. The highest BCUT2D eigenvalue weighted by Gasteiger charge is 2.08. The molecule has 1 N–H and O–H groups in total. The summed E-state index contributed by atoms with van der Waals surface area (Å²) in [6.45, 7) is 0. The molecule has 2 aromatic carbocycles. The van der Waals surface area contributed by atoms with Crippen molar-refractivity contribution in [3.8, 4) is 6.07 Å². The SMILES string of the molecule is N#Cc1cc2ccccc2nc1Nc1ccc(Cl)c(Cl)c1. The van der Waals surface area contributed by atoms with Crippen LogP contribution in [0.2, 0.25) is 10.0 Å². The Hall–Kier alpha value is -2.28. The van der Waals surface area contributed by atoms with Gasteiger partial charge in [-0.25, -0.2) is 4.98 Å².